The Kier molecular flexibility index (Phi) is 4.72. The fraction of sp³-hybridized carbons (Fsp3) is 0.200. The molecule has 0 amide bonds. The van der Waals surface area contributed by atoms with Crippen LogP contribution < -0.4 is 5.32 Å². The van der Waals surface area contributed by atoms with Crippen molar-refractivity contribution < 1.29 is 5.11 Å². The fourth-order valence-electron chi connectivity index (χ4n) is 1.91. The zero-order valence-corrected chi connectivity index (χ0v) is 12.9. The van der Waals surface area contributed by atoms with Crippen LogP contribution in [0.25, 0.3) is 0 Å². The zero-order valence-electron chi connectivity index (χ0n) is 10.5. The molecule has 1 unspecified atom stereocenters. The Balaban J connectivity index is 2.01. The largest absolute Gasteiger partial charge is 0.508 e. The minimum absolute atomic E-state index is 0.253. The quantitative estimate of drug-likeness (QED) is 0.834. The average Bonchev–Trinajstić information content (AvgIpc) is 2.36. The molecule has 0 aliphatic heterocycles. The van der Waals surface area contributed by atoms with Gasteiger partial charge in [0.2, 0.25) is 0 Å². The first-order chi connectivity index (χ1) is 9.04. The van der Waals surface area contributed by atoms with Crippen LogP contribution in [0.3, 0.4) is 0 Å². The van der Waals surface area contributed by atoms with Crippen molar-refractivity contribution in [3.63, 3.8) is 0 Å². The van der Waals surface area contributed by atoms with Crippen molar-refractivity contribution in [3.8, 4) is 5.75 Å². The van der Waals surface area contributed by atoms with Crippen LogP contribution in [0.1, 0.15) is 12.5 Å². The minimum Gasteiger partial charge on any atom is -0.508 e. The Hall–Kier alpha value is -1.19. The number of aromatic hydroxyl groups is 1. The molecule has 2 aromatic rings. The van der Waals surface area contributed by atoms with Crippen molar-refractivity contribution in [3.05, 3.63) is 57.5 Å². The molecule has 0 saturated heterocycles. The molecule has 2 aromatic carbocycles. The van der Waals surface area contributed by atoms with Crippen LogP contribution in [0.4, 0.5) is 5.69 Å². The second-order valence-electron chi connectivity index (χ2n) is 4.54. The van der Waals surface area contributed by atoms with Gasteiger partial charge in [0.15, 0.2) is 0 Å². The third kappa shape index (κ3) is 4.15. The van der Waals surface area contributed by atoms with E-state index in [2.05, 4.69) is 28.2 Å². The van der Waals surface area contributed by atoms with Gasteiger partial charge < -0.3 is 10.4 Å². The lowest BCUT2D eigenvalue weighted by molar-refractivity contribution is 0.475. The van der Waals surface area contributed by atoms with E-state index in [0.717, 1.165) is 16.6 Å². The van der Waals surface area contributed by atoms with Crippen LogP contribution in [0, 0.1) is 0 Å². The van der Waals surface area contributed by atoms with Gasteiger partial charge in [-0.2, -0.15) is 0 Å². The van der Waals surface area contributed by atoms with E-state index in [1.54, 1.807) is 12.1 Å². The zero-order chi connectivity index (χ0) is 13.8. The highest BCUT2D eigenvalue weighted by Crippen LogP contribution is 2.26. The molecule has 2 N–H and O–H groups in total. The lowest BCUT2D eigenvalue weighted by atomic mass is 10.1. The topological polar surface area (TPSA) is 32.3 Å². The Labute approximate surface area is 126 Å². The van der Waals surface area contributed by atoms with E-state index in [4.69, 9.17) is 11.6 Å². The predicted molar refractivity (Wildman–Crippen MR) is 84.0 cm³/mol. The fourth-order valence-corrected chi connectivity index (χ4v) is 2.64. The van der Waals surface area contributed by atoms with Crippen LogP contribution in [-0.4, -0.2) is 11.1 Å². The summed E-state index contributed by atoms with van der Waals surface area (Å²) in [6.45, 7) is 2.10. The smallest absolute Gasteiger partial charge is 0.115 e. The van der Waals surface area contributed by atoms with Gasteiger partial charge in [-0.05, 0) is 49.2 Å². The van der Waals surface area contributed by atoms with Gasteiger partial charge in [0, 0.05) is 10.5 Å². The number of hydrogen-bond acceptors (Lipinski definition) is 2. The molecule has 4 heteroatoms. The summed E-state index contributed by atoms with van der Waals surface area (Å²) in [5.41, 5.74) is 2.10. The number of nitrogens with one attached hydrogen (secondary N) is 1. The third-order valence-electron chi connectivity index (χ3n) is 2.81. The third-order valence-corrected chi connectivity index (χ3v) is 3.62. The molecule has 19 heavy (non-hydrogen) atoms. The van der Waals surface area contributed by atoms with E-state index in [9.17, 15) is 5.11 Å². The van der Waals surface area contributed by atoms with Gasteiger partial charge in [0.25, 0.3) is 0 Å². The Bertz CT molecular complexity index is 557. The second-order valence-corrected chi connectivity index (χ2v) is 5.86. The van der Waals surface area contributed by atoms with Gasteiger partial charge >= 0.3 is 0 Å². The summed E-state index contributed by atoms with van der Waals surface area (Å²) in [5.74, 6) is 0.292. The maximum absolute atomic E-state index is 9.25. The van der Waals surface area contributed by atoms with Gasteiger partial charge in [-0.15, -0.1) is 0 Å². The summed E-state index contributed by atoms with van der Waals surface area (Å²) < 4.78 is 0.967. The van der Waals surface area contributed by atoms with Gasteiger partial charge in [-0.1, -0.05) is 39.7 Å². The van der Waals surface area contributed by atoms with E-state index >= 15 is 0 Å². The average molecular weight is 341 g/mol. The monoisotopic (exact) mass is 339 g/mol. The van der Waals surface area contributed by atoms with Crippen LogP contribution in [0.15, 0.2) is 46.9 Å². The summed E-state index contributed by atoms with van der Waals surface area (Å²) in [6.07, 6.45) is 0.868. The van der Waals surface area contributed by atoms with Crippen LogP contribution in [0.2, 0.25) is 5.02 Å². The van der Waals surface area contributed by atoms with Gasteiger partial charge in [-0.3, -0.25) is 0 Å². The molecule has 0 saturated carbocycles. The van der Waals surface area contributed by atoms with Gasteiger partial charge in [-0.25, -0.2) is 0 Å². The molecule has 0 aliphatic carbocycles. The van der Waals surface area contributed by atoms with Crippen molar-refractivity contribution in [2.24, 2.45) is 0 Å². The number of phenolic OH excluding ortho intramolecular Hbond substituents is 1. The predicted octanol–water partition coefficient (Wildman–Crippen LogP) is 4.85. The lowest BCUT2D eigenvalue weighted by Gasteiger charge is -2.16. The lowest BCUT2D eigenvalue weighted by Crippen LogP contribution is -2.18. The first-order valence-corrected chi connectivity index (χ1v) is 7.21. The van der Waals surface area contributed by atoms with Crippen molar-refractivity contribution in [2.45, 2.75) is 19.4 Å². The van der Waals surface area contributed by atoms with Crippen molar-refractivity contribution >= 4 is 33.2 Å². The molecule has 0 heterocycles. The molecule has 0 fully saturated rings. The standard InChI is InChI=1S/C15H15BrClNO/c1-10(8-11-2-5-13(19)6-3-11)18-15-7-4-12(16)9-14(15)17/h2-7,9-10,18-19H,8H2,1H3. The summed E-state index contributed by atoms with van der Waals surface area (Å²) in [5, 5.41) is 13.3. The highest BCUT2D eigenvalue weighted by molar-refractivity contribution is 9.10. The summed E-state index contributed by atoms with van der Waals surface area (Å²) in [4.78, 5) is 0. The summed E-state index contributed by atoms with van der Waals surface area (Å²) in [6, 6.07) is 13.3. The molecule has 0 bridgehead atoms. The van der Waals surface area contributed by atoms with Gasteiger partial charge in [0.05, 0.1) is 10.7 Å². The molecule has 0 aliphatic rings. The van der Waals surface area contributed by atoms with Crippen molar-refractivity contribution in [2.75, 3.05) is 5.32 Å². The highest BCUT2D eigenvalue weighted by Gasteiger charge is 2.07. The number of phenols is 1. The highest BCUT2D eigenvalue weighted by atomic mass is 79.9. The van der Waals surface area contributed by atoms with Crippen molar-refractivity contribution in [1.82, 2.24) is 0 Å². The number of anilines is 1. The van der Waals surface area contributed by atoms with Crippen LogP contribution in [-0.2, 0) is 6.42 Å². The Morgan fingerprint density at radius 2 is 1.89 bits per heavy atom. The summed E-state index contributed by atoms with van der Waals surface area (Å²) in [7, 11) is 0. The number of rotatable bonds is 4. The normalized spacial score (nSPS) is 12.2. The van der Waals surface area contributed by atoms with E-state index in [1.165, 1.54) is 5.56 Å². The minimum atomic E-state index is 0.253. The first kappa shape index (κ1) is 14.2. The Morgan fingerprint density at radius 3 is 2.53 bits per heavy atom. The van der Waals surface area contributed by atoms with E-state index < -0.39 is 0 Å². The molecular formula is C15H15BrClNO. The van der Waals surface area contributed by atoms with Crippen molar-refractivity contribution in [1.29, 1.82) is 0 Å². The molecule has 2 nitrogen and oxygen atoms in total. The van der Waals surface area contributed by atoms with E-state index in [0.29, 0.717) is 10.8 Å². The molecule has 100 valence electrons. The number of benzene rings is 2. The van der Waals surface area contributed by atoms with Crippen LogP contribution in [0.5, 0.6) is 5.75 Å². The Morgan fingerprint density at radius 1 is 1.21 bits per heavy atom. The molecule has 1 atom stereocenters. The maximum Gasteiger partial charge on any atom is 0.115 e. The molecule has 0 aromatic heterocycles. The summed E-state index contributed by atoms with van der Waals surface area (Å²) >= 11 is 9.56. The number of hydrogen-bond donors (Lipinski definition) is 2. The van der Waals surface area contributed by atoms with E-state index in [1.807, 2.05) is 30.3 Å². The van der Waals surface area contributed by atoms with Gasteiger partial charge in [0.1, 0.15) is 5.75 Å². The SMILES string of the molecule is CC(Cc1ccc(O)cc1)Nc1ccc(Br)cc1Cl. The number of halogens is 2. The molecule has 0 radical (unpaired) electrons. The first-order valence-electron chi connectivity index (χ1n) is 6.04. The molecule has 0 spiro atoms. The maximum atomic E-state index is 9.25. The van der Waals surface area contributed by atoms with E-state index in [-0.39, 0.29) is 6.04 Å². The molecular weight excluding hydrogens is 326 g/mol. The molecule has 2 rings (SSSR count). The van der Waals surface area contributed by atoms with Crippen LogP contribution >= 0.6 is 27.5 Å². The second kappa shape index (κ2) is 6.31.